The minimum Gasteiger partial charge on any atom is -0.473 e. The van der Waals surface area contributed by atoms with Crippen molar-refractivity contribution in [3.8, 4) is 17.1 Å². The van der Waals surface area contributed by atoms with Gasteiger partial charge in [-0.15, -0.1) is 0 Å². The maximum atomic E-state index is 11.6. The van der Waals surface area contributed by atoms with Gasteiger partial charge in [0.25, 0.3) is 0 Å². The lowest BCUT2D eigenvalue weighted by molar-refractivity contribution is 0.122. The number of nitrogens with two attached hydrogens (primary N) is 1. The maximum Gasteiger partial charge on any atom is 0.229 e. The molecular weight excluding hydrogens is 420 g/mol. The van der Waals surface area contributed by atoms with Crippen LogP contribution in [0.2, 0.25) is 0 Å². The van der Waals surface area contributed by atoms with Gasteiger partial charge in [-0.05, 0) is 17.7 Å². The summed E-state index contributed by atoms with van der Waals surface area (Å²) in [5.41, 5.74) is 7.71. The van der Waals surface area contributed by atoms with E-state index in [1.165, 1.54) is 6.26 Å². The second kappa shape index (κ2) is 8.82. The fourth-order valence-corrected chi connectivity index (χ4v) is 3.63. The molecule has 162 valence electrons. The summed E-state index contributed by atoms with van der Waals surface area (Å²) >= 11 is 0. The van der Waals surface area contributed by atoms with Crippen molar-refractivity contribution in [3.63, 3.8) is 0 Å². The van der Waals surface area contributed by atoms with Crippen LogP contribution < -0.4 is 15.4 Å². The van der Waals surface area contributed by atoms with Crippen LogP contribution in [-0.4, -0.2) is 60.9 Å². The third kappa shape index (κ3) is 5.25. The van der Waals surface area contributed by atoms with E-state index in [0.29, 0.717) is 49.4 Å². The number of benzene rings is 1. The predicted octanol–water partition coefficient (Wildman–Crippen LogP) is 1.33. The van der Waals surface area contributed by atoms with Gasteiger partial charge in [-0.2, -0.15) is 4.98 Å². The molecule has 0 atom stereocenters. The summed E-state index contributed by atoms with van der Waals surface area (Å²) in [5.74, 6) is 1.09. The first-order valence-electron chi connectivity index (χ1n) is 9.60. The van der Waals surface area contributed by atoms with Crippen LogP contribution in [0.5, 0.6) is 5.88 Å². The van der Waals surface area contributed by atoms with Crippen molar-refractivity contribution >= 4 is 21.7 Å². The standard InChI is InChI=1S/C20H22N6O4S/c1-31(27,28)16-4-2-14(3-5-16)13-30-18-10-17(15-11-22-19(21)23-12-15)24-20(25-18)26-6-8-29-9-7-26/h2-5,10-12H,6-9,13H2,1H3,(H2,21,22,23). The molecule has 10 nitrogen and oxygen atoms in total. The third-order valence-corrected chi connectivity index (χ3v) is 5.82. The molecule has 11 heteroatoms. The molecule has 0 saturated carbocycles. The predicted molar refractivity (Wildman–Crippen MR) is 114 cm³/mol. The molecule has 0 bridgehead atoms. The maximum absolute atomic E-state index is 11.6. The number of aromatic nitrogens is 4. The van der Waals surface area contributed by atoms with E-state index in [9.17, 15) is 8.42 Å². The number of ether oxygens (including phenoxy) is 2. The quantitative estimate of drug-likeness (QED) is 0.596. The summed E-state index contributed by atoms with van der Waals surface area (Å²) < 4.78 is 34.6. The van der Waals surface area contributed by atoms with Crippen LogP contribution in [0, 0.1) is 0 Å². The highest BCUT2D eigenvalue weighted by atomic mass is 32.2. The zero-order valence-electron chi connectivity index (χ0n) is 16.9. The second-order valence-corrected chi connectivity index (χ2v) is 9.04. The van der Waals surface area contributed by atoms with E-state index < -0.39 is 9.84 Å². The number of anilines is 2. The number of nitrogen functional groups attached to an aromatic ring is 1. The van der Waals surface area contributed by atoms with Crippen LogP contribution >= 0.6 is 0 Å². The molecule has 0 spiro atoms. The largest absolute Gasteiger partial charge is 0.473 e. The van der Waals surface area contributed by atoms with Gasteiger partial charge in [0.1, 0.15) is 6.61 Å². The van der Waals surface area contributed by atoms with Gasteiger partial charge in [0.2, 0.25) is 17.8 Å². The highest BCUT2D eigenvalue weighted by molar-refractivity contribution is 7.90. The zero-order chi connectivity index (χ0) is 21.8. The van der Waals surface area contributed by atoms with Crippen molar-refractivity contribution in [2.24, 2.45) is 0 Å². The van der Waals surface area contributed by atoms with E-state index in [2.05, 4.69) is 19.9 Å². The third-order valence-electron chi connectivity index (χ3n) is 4.69. The number of hydrogen-bond acceptors (Lipinski definition) is 10. The second-order valence-electron chi connectivity index (χ2n) is 7.03. The van der Waals surface area contributed by atoms with Crippen LogP contribution in [0.1, 0.15) is 5.56 Å². The van der Waals surface area contributed by atoms with E-state index in [4.69, 9.17) is 15.2 Å². The van der Waals surface area contributed by atoms with Crippen molar-refractivity contribution in [1.82, 2.24) is 19.9 Å². The Kier molecular flexibility index (Phi) is 5.96. The van der Waals surface area contributed by atoms with Crippen molar-refractivity contribution in [2.75, 3.05) is 43.2 Å². The fraction of sp³-hybridized carbons (Fsp3) is 0.300. The Morgan fingerprint density at radius 1 is 1.10 bits per heavy atom. The molecule has 3 heterocycles. The summed E-state index contributed by atoms with van der Waals surface area (Å²) in [4.78, 5) is 19.5. The first kappa shape index (κ1) is 20.9. The molecule has 2 aromatic heterocycles. The zero-order valence-corrected chi connectivity index (χ0v) is 17.7. The van der Waals surface area contributed by atoms with Gasteiger partial charge in [-0.3, -0.25) is 0 Å². The Morgan fingerprint density at radius 2 is 1.77 bits per heavy atom. The van der Waals surface area contributed by atoms with Crippen LogP contribution in [0.4, 0.5) is 11.9 Å². The molecule has 0 aliphatic carbocycles. The number of hydrogen-bond donors (Lipinski definition) is 1. The molecular formula is C20H22N6O4S. The topological polar surface area (TPSA) is 133 Å². The first-order chi connectivity index (χ1) is 14.9. The number of rotatable bonds is 6. The lowest BCUT2D eigenvalue weighted by Gasteiger charge is -2.27. The van der Waals surface area contributed by atoms with Crippen molar-refractivity contribution in [2.45, 2.75) is 11.5 Å². The van der Waals surface area contributed by atoms with Gasteiger partial charge in [-0.25, -0.2) is 23.4 Å². The van der Waals surface area contributed by atoms with E-state index in [-0.39, 0.29) is 17.5 Å². The summed E-state index contributed by atoms with van der Waals surface area (Å²) in [5, 5.41) is 0. The van der Waals surface area contributed by atoms with Crippen molar-refractivity contribution in [3.05, 3.63) is 48.3 Å². The van der Waals surface area contributed by atoms with Crippen LogP contribution in [0.3, 0.4) is 0 Å². The minimum absolute atomic E-state index is 0.181. The lowest BCUT2D eigenvalue weighted by Crippen LogP contribution is -2.37. The van der Waals surface area contributed by atoms with Gasteiger partial charge in [-0.1, -0.05) is 12.1 Å². The minimum atomic E-state index is -3.24. The molecule has 1 saturated heterocycles. The number of nitrogens with zero attached hydrogens (tertiary/aromatic N) is 5. The first-order valence-corrected chi connectivity index (χ1v) is 11.5. The number of sulfone groups is 1. The smallest absolute Gasteiger partial charge is 0.229 e. The summed E-state index contributed by atoms with van der Waals surface area (Å²) in [6.07, 6.45) is 4.37. The lowest BCUT2D eigenvalue weighted by atomic mass is 10.2. The van der Waals surface area contributed by atoms with Gasteiger partial charge in [0, 0.05) is 43.4 Å². The Balaban J connectivity index is 1.59. The van der Waals surface area contributed by atoms with E-state index in [1.807, 2.05) is 4.90 Å². The summed E-state index contributed by atoms with van der Waals surface area (Å²) in [6.45, 7) is 2.77. The molecule has 31 heavy (non-hydrogen) atoms. The van der Waals surface area contributed by atoms with E-state index in [1.54, 1.807) is 42.7 Å². The highest BCUT2D eigenvalue weighted by Gasteiger charge is 2.17. The van der Waals surface area contributed by atoms with Crippen molar-refractivity contribution in [1.29, 1.82) is 0 Å². The molecule has 4 rings (SSSR count). The summed E-state index contributed by atoms with van der Waals surface area (Å²) in [7, 11) is -3.24. The molecule has 3 aromatic rings. The van der Waals surface area contributed by atoms with E-state index >= 15 is 0 Å². The van der Waals surface area contributed by atoms with Crippen LogP contribution in [0.25, 0.3) is 11.3 Å². The van der Waals surface area contributed by atoms with Gasteiger partial charge < -0.3 is 20.1 Å². The van der Waals surface area contributed by atoms with Crippen LogP contribution in [-0.2, 0) is 21.2 Å². The Hall–Kier alpha value is -3.31. The molecule has 0 unspecified atom stereocenters. The molecule has 1 aliphatic rings. The fourth-order valence-electron chi connectivity index (χ4n) is 3.00. The Bertz CT molecular complexity index is 1150. The van der Waals surface area contributed by atoms with Gasteiger partial charge >= 0.3 is 0 Å². The molecule has 0 radical (unpaired) electrons. The molecule has 1 aliphatic heterocycles. The molecule has 2 N–H and O–H groups in total. The van der Waals surface area contributed by atoms with Gasteiger partial charge in [0.15, 0.2) is 9.84 Å². The molecule has 0 amide bonds. The normalized spacial score (nSPS) is 14.4. The average Bonchev–Trinajstić information content (AvgIpc) is 2.78. The SMILES string of the molecule is CS(=O)(=O)c1ccc(COc2cc(-c3cnc(N)nc3)nc(N3CCOCC3)n2)cc1. The monoisotopic (exact) mass is 442 g/mol. The van der Waals surface area contributed by atoms with E-state index in [0.717, 1.165) is 5.56 Å². The summed E-state index contributed by atoms with van der Waals surface area (Å²) in [6, 6.07) is 8.27. The van der Waals surface area contributed by atoms with Gasteiger partial charge in [0.05, 0.1) is 23.8 Å². The van der Waals surface area contributed by atoms with Crippen molar-refractivity contribution < 1.29 is 17.9 Å². The highest BCUT2D eigenvalue weighted by Crippen LogP contribution is 2.25. The Labute approximate surface area is 180 Å². The number of morpholine rings is 1. The average molecular weight is 443 g/mol. The Morgan fingerprint density at radius 3 is 2.42 bits per heavy atom. The van der Waals surface area contributed by atoms with Crippen LogP contribution in [0.15, 0.2) is 47.6 Å². The molecule has 1 fully saturated rings. The molecule has 1 aromatic carbocycles.